The fraction of sp³-hybridized carbons (Fsp3) is 0.321. The zero-order valence-electron chi connectivity index (χ0n) is 18.2. The summed E-state index contributed by atoms with van der Waals surface area (Å²) in [5, 5.41) is 3.22. The Morgan fingerprint density at radius 2 is 1.35 bits per heavy atom. The van der Waals surface area contributed by atoms with Crippen LogP contribution in [0.25, 0.3) is 0 Å². The standard InChI is InChI=1S/C28H29NO2/c1-3-9-24-25-20-10-5-7-12-22(20)26(23-13-8-6-11-21(23)25)27(24)28(30)29-18-14-16-19(17-15-18)31-4-2/h5-8,10-17,24-27H,3-4,9H2,1-2H3,(H,29,30)/t24-,25?,26?,27+/m1/s1. The smallest absolute Gasteiger partial charge is 0.228 e. The summed E-state index contributed by atoms with van der Waals surface area (Å²) in [7, 11) is 0. The molecule has 3 nitrogen and oxygen atoms in total. The fourth-order valence-electron chi connectivity index (χ4n) is 5.84. The minimum absolute atomic E-state index is 0.0682. The van der Waals surface area contributed by atoms with Crippen LogP contribution >= 0.6 is 0 Å². The Kier molecular flexibility index (Phi) is 5.27. The fourth-order valence-corrected chi connectivity index (χ4v) is 5.84. The zero-order valence-corrected chi connectivity index (χ0v) is 18.2. The van der Waals surface area contributed by atoms with Crippen molar-refractivity contribution >= 4 is 11.6 Å². The topological polar surface area (TPSA) is 38.3 Å². The molecule has 6 rings (SSSR count). The first-order chi connectivity index (χ1) is 15.2. The van der Waals surface area contributed by atoms with Crippen LogP contribution in [0.15, 0.2) is 72.8 Å². The number of benzene rings is 3. The maximum absolute atomic E-state index is 13.7. The predicted molar refractivity (Wildman–Crippen MR) is 125 cm³/mol. The Bertz CT molecular complexity index is 1040. The van der Waals surface area contributed by atoms with E-state index < -0.39 is 0 Å². The minimum atomic E-state index is -0.0682. The van der Waals surface area contributed by atoms with Crippen molar-refractivity contribution in [3.63, 3.8) is 0 Å². The van der Waals surface area contributed by atoms with Gasteiger partial charge in [0, 0.05) is 17.5 Å². The van der Waals surface area contributed by atoms with Gasteiger partial charge >= 0.3 is 0 Å². The molecule has 31 heavy (non-hydrogen) atoms. The predicted octanol–water partition coefficient (Wildman–Crippen LogP) is 6.35. The van der Waals surface area contributed by atoms with Gasteiger partial charge in [0.25, 0.3) is 0 Å². The number of fused-ring (bicyclic) bond motifs is 1. The van der Waals surface area contributed by atoms with Crippen LogP contribution < -0.4 is 10.1 Å². The number of nitrogens with one attached hydrogen (secondary N) is 1. The highest BCUT2D eigenvalue weighted by molar-refractivity contribution is 5.95. The average Bonchev–Trinajstić information content (AvgIpc) is 2.80. The van der Waals surface area contributed by atoms with Crippen molar-refractivity contribution in [1.29, 1.82) is 0 Å². The largest absolute Gasteiger partial charge is 0.494 e. The highest BCUT2D eigenvalue weighted by atomic mass is 16.5. The molecular formula is C28H29NO2. The third kappa shape index (κ3) is 3.33. The molecule has 1 N–H and O–H groups in total. The van der Waals surface area contributed by atoms with Crippen LogP contribution in [0, 0.1) is 11.8 Å². The zero-order chi connectivity index (χ0) is 21.4. The molecule has 0 fully saturated rings. The third-order valence-corrected chi connectivity index (χ3v) is 6.94. The molecule has 158 valence electrons. The number of rotatable bonds is 6. The molecule has 1 amide bonds. The normalized spacial score (nSPS) is 23.0. The lowest BCUT2D eigenvalue weighted by Gasteiger charge is -2.50. The van der Waals surface area contributed by atoms with Gasteiger partial charge in [-0.25, -0.2) is 0 Å². The van der Waals surface area contributed by atoms with Crippen LogP contribution in [-0.4, -0.2) is 12.5 Å². The number of anilines is 1. The van der Waals surface area contributed by atoms with Crippen molar-refractivity contribution in [3.05, 3.63) is 95.1 Å². The molecule has 0 saturated heterocycles. The second-order valence-electron chi connectivity index (χ2n) is 8.64. The summed E-state index contributed by atoms with van der Waals surface area (Å²) in [6.07, 6.45) is 2.12. The molecule has 3 heteroatoms. The van der Waals surface area contributed by atoms with E-state index in [0.717, 1.165) is 24.3 Å². The second-order valence-corrected chi connectivity index (χ2v) is 8.64. The summed E-state index contributed by atoms with van der Waals surface area (Å²) in [4.78, 5) is 13.7. The number of hydrogen-bond donors (Lipinski definition) is 1. The average molecular weight is 412 g/mol. The van der Waals surface area contributed by atoms with E-state index in [4.69, 9.17) is 4.74 Å². The minimum Gasteiger partial charge on any atom is -0.494 e. The molecule has 0 aliphatic heterocycles. The maximum Gasteiger partial charge on any atom is 0.228 e. The first-order valence-corrected chi connectivity index (χ1v) is 11.4. The van der Waals surface area contributed by atoms with Crippen molar-refractivity contribution in [2.75, 3.05) is 11.9 Å². The molecule has 3 aromatic rings. The van der Waals surface area contributed by atoms with Crippen LogP contribution in [0.3, 0.4) is 0 Å². The summed E-state index contributed by atoms with van der Waals surface area (Å²) in [5.41, 5.74) is 6.30. The van der Waals surface area contributed by atoms with Gasteiger partial charge in [-0.1, -0.05) is 61.9 Å². The monoisotopic (exact) mass is 411 g/mol. The Morgan fingerprint density at radius 3 is 1.87 bits per heavy atom. The van der Waals surface area contributed by atoms with Crippen molar-refractivity contribution in [1.82, 2.24) is 0 Å². The highest BCUT2D eigenvalue weighted by Crippen LogP contribution is 2.59. The maximum atomic E-state index is 13.7. The van der Waals surface area contributed by atoms with Crippen molar-refractivity contribution in [3.8, 4) is 5.75 Å². The van der Waals surface area contributed by atoms with E-state index in [1.54, 1.807) is 0 Å². The summed E-state index contributed by atoms with van der Waals surface area (Å²) in [6, 6.07) is 25.2. The summed E-state index contributed by atoms with van der Waals surface area (Å²) >= 11 is 0. The van der Waals surface area contributed by atoms with Crippen LogP contribution in [0.5, 0.6) is 5.75 Å². The van der Waals surface area contributed by atoms with Crippen LogP contribution in [-0.2, 0) is 4.79 Å². The summed E-state index contributed by atoms with van der Waals surface area (Å²) in [5.74, 6) is 1.58. The molecule has 0 spiro atoms. The van der Waals surface area contributed by atoms with E-state index in [-0.39, 0.29) is 23.7 Å². The van der Waals surface area contributed by atoms with Gasteiger partial charge in [-0.05, 0) is 65.8 Å². The number of hydrogen-bond acceptors (Lipinski definition) is 2. The molecule has 0 saturated carbocycles. The Morgan fingerprint density at radius 1 is 0.806 bits per heavy atom. The number of carbonyl (C=O) groups excluding carboxylic acids is 1. The molecule has 0 aromatic heterocycles. The lowest BCUT2D eigenvalue weighted by atomic mass is 9.53. The molecule has 2 bridgehead atoms. The van der Waals surface area contributed by atoms with Gasteiger partial charge in [0.05, 0.1) is 12.5 Å². The van der Waals surface area contributed by atoms with Gasteiger partial charge in [0.15, 0.2) is 0 Å². The highest BCUT2D eigenvalue weighted by Gasteiger charge is 2.51. The van der Waals surface area contributed by atoms with Gasteiger partial charge in [-0.3, -0.25) is 4.79 Å². The quantitative estimate of drug-likeness (QED) is 0.513. The van der Waals surface area contributed by atoms with Crippen LogP contribution in [0.2, 0.25) is 0 Å². The van der Waals surface area contributed by atoms with Crippen molar-refractivity contribution in [2.45, 2.75) is 38.5 Å². The summed E-state index contributed by atoms with van der Waals surface area (Å²) < 4.78 is 5.54. The van der Waals surface area contributed by atoms with Crippen LogP contribution in [0.4, 0.5) is 5.69 Å². The number of ether oxygens (including phenoxy) is 1. The SMILES string of the molecule is CCC[C@@H]1C2c3ccccc3C(c3ccccc32)[C@H]1C(=O)Nc1ccc(OCC)cc1. The van der Waals surface area contributed by atoms with E-state index in [1.807, 2.05) is 31.2 Å². The molecule has 2 atom stereocenters. The Hall–Kier alpha value is -3.07. The molecule has 0 heterocycles. The number of carbonyl (C=O) groups is 1. The van der Waals surface area contributed by atoms with Gasteiger partial charge in [-0.2, -0.15) is 0 Å². The van der Waals surface area contributed by atoms with Crippen molar-refractivity contribution in [2.24, 2.45) is 11.8 Å². The van der Waals surface area contributed by atoms with Gasteiger partial charge in [-0.15, -0.1) is 0 Å². The molecule has 0 radical (unpaired) electrons. The van der Waals surface area contributed by atoms with E-state index >= 15 is 0 Å². The lowest BCUT2D eigenvalue weighted by molar-refractivity contribution is -0.123. The first-order valence-electron chi connectivity index (χ1n) is 11.4. The Balaban J connectivity index is 1.54. The van der Waals surface area contributed by atoms with Gasteiger partial charge in [0.2, 0.25) is 5.91 Å². The second kappa shape index (κ2) is 8.22. The van der Waals surface area contributed by atoms with E-state index in [0.29, 0.717) is 12.5 Å². The summed E-state index contributed by atoms with van der Waals surface area (Å²) in [6.45, 7) is 4.83. The van der Waals surface area contributed by atoms with E-state index in [2.05, 4.69) is 60.8 Å². The molecule has 3 aromatic carbocycles. The van der Waals surface area contributed by atoms with Crippen LogP contribution in [0.1, 0.15) is 60.8 Å². The van der Waals surface area contributed by atoms with Crippen molar-refractivity contribution < 1.29 is 9.53 Å². The van der Waals surface area contributed by atoms with E-state index in [9.17, 15) is 4.79 Å². The van der Waals surface area contributed by atoms with E-state index in [1.165, 1.54) is 22.3 Å². The first kappa shape index (κ1) is 19.9. The molecule has 0 unspecified atom stereocenters. The van der Waals surface area contributed by atoms with Gasteiger partial charge in [0.1, 0.15) is 5.75 Å². The number of amides is 1. The molecule has 3 aliphatic carbocycles. The van der Waals surface area contributed by atoms with Gasteiger partial charge < -0.3 is 10.1 Å². The Labute approximate surface area is 184 Å². The molecular weight excluding hydrogens is 382 g/mol. The lowest BCUT2D eigenvalue weighted by Crippen LogP contribution is -2.45. The molecule has 3 aliphatic rings. The third-order valence-electron chi connectivity index (χ3n) is 6.94.